The van der Waals surface area contributed by atoms with Crippen LogP contribution in [0.1, 0.15) is 69.8 Å². The molecule has 2 saturated carbocycles. The number of anilines is 1. The van der Waals surface area contributed by atoms with Crippen LogP contribution in [-0.4, -0.2) is 36.3 Å². The van der Waals surface area contributed by atoms with E-state index in [4.69, 9.17) is 4.74 Å². The maximum absolute atomic E-state index is 12.8. The predicted molar refractivity (Wildman–Crippen MR) is 126 cm³/mol. The summed E-state index contributed by atoms with van der Waals surface area (Å²) in [6, 6.07) is 8.50. The van der Waals surface area contributed by atoms with E-state index >= 15 is 0 Å². The molecule has 2 aliphatic carbocycles. The van der Waals surface area contributed by atoms with Crippen LogP contribution in [0.2, 0.25) is 0 Å². The smallest absolute Gasteiger partial charge is 0.227 e. The topological polar surface area (TPSA) is 67.4 Å². The van der Waals surface area contributed by atoms with Gasteiger partial charge in [-0.05, 0) is 69.1 Å². The summed E-state index contributed by atoms with van der Waals surface area (Å²) in [4.78, 5) is 25.2. The highest BCUT2D eigenvalue weighted by molar-refractivity contribution is 7.99. The number of carbonyl (C=O) groups excluding carboxylic acids is 2. The van der Waals surface area contributed by atoms with E-state index in [1.165, 1.54) is 18.4 Å². The molecule has 0 atom stereocenters. The average Bonchev–Trinajstić information content (AvgIpc) is 3.34. The quantitative estimate of drug-likeness (QED) is 0.628. The molecule has 1 aromatic carbocycles. The van der Waals surface area contributed by atoms with Gasteiger partial charge in [-0.1, -0.05) is 25.0 Å². The molecule has 5 nitrogen and oxygen atoms in total. The monoisotopic (exact) mass is 444 g/mol. The van der Waals surface area contributed by atoms with Crippen molar-refractivity contribution in [3.8, 4) is 0 Å². The second-order valence-corrected chi connectivity index (χ2v) is 10.6. The minimum Gasteiger partial charge on any atom is -0.381 e. The molecule has 1 aliphatic heterocycles. The highest BCUT2D eigenvalue weighted by Crippen LogP contribution is 2.29. The molecule has 0 aromatic heterocycles. The van der Waals surface area contributed by atoms with Crippen molar-refractivity contribution >= 4 is 29.3 Å². The van der Waals surface area contributed by atoms with Crippen LogP contribution in [-0.2, 0) is 20.1 Å². The highest BCUT2D eigenvalue weighted by atomic mass is 32.2. The molecule has 31 heavy (non-hydrogen) atoms. The van der Waals surface area contributed by atoms with Gasteiger partial charge in [0.15, 0.2) is 0 Å². The van der Waals surface area contributed by atoms with Gasteiger partial charge in [-0.25, -0.2) is 0 Å². The molecule has 1 heterocycles. The number of benzene rings is 1. The first kappa shape index (κ1) is 22.7. The van der Waals surface area contributed by atoms with Crippen molar-refractivity contribution in [1.29, 1.82) is 0 Å². The number of carbonyl (C=O) groups is 2. The Bertz CT molecular complexity index is 736. The minimum absolute atomic E-state index is 0.0416. The van der Waals surface area contributed by atoms with Crippen LogP contribution in [0, 0.1) is 11.8 Å². The highest BCUT2D eigenvalue weighted by Gasteiger charge is 2.29. The maximum atomic E-state index is 12.8. The van der Waals surface area contributed by atoms with Crippen LogP contribution in [0.25, 0.3) is 0 Å². The Balaban J connectivity index is 1.20. The lowest BCUT2D eigenvalue weighted by atomic mass is 9.85. The summed E-state index contributed by atoms with van der Waals surface area (Å²) in [7, 11) is 0. The van der Waals surface area contributed by atoms with Crippen LogP contribution >= 0.6 is 11.8 Å². The summed E-state index contributed by atoms with van der Waals surface area (Å²) in [5.74, 6) is 1.59. The molecule has 2 N–H and O–H groups in total. The van der Waals surface area contributed by atoms with Crippen molar-refractivity contribution < 1.29 is 14.3 Å². The second kappa shape index (κ2) is 11.4. The predicted octanol–water partition coefficient (Wildman–Crippen LogP) is 4.90. The Morgan fingerprint density at radius 2 is 1.61 bits per heavy atom. The standard InChI is InChI=1S/C25H36N2O3S/c28-24(19-5-1-2-6-19)26-21-10-8-20(9-11-21)25(29)27-22-7-3-4-18(16-22)17-31-23-12-14-30-15-13-23/h3-4,7,16,19-21,23H,1-2,5-6,8-15,17H2,(H,26,28)(H,27,29). The Morgan fingerprint density at radius 3 is 2.35 bits per heavy atom. The van der Waals surface area contributed by atoms with E-state index in [1.54, 1.807) is 0 Å². The number of ether oxygens (including phenoxy) is 1. The van der Waals surface area contributed by atoms with Crippen LogP contribution < -0.4 is 10.6 Å². The number of hydrogen-bond acceptors (Lipinski definition) is 4. The Labute approximate surface area is 190 Å². The van der Waals surface area contributed by atoms with E-state index in [0.29, 0.717) is 5.25 Å². The van der Waals surface area contributed by atoms with Crippen LogP contribution in [0.4, 0.5) is 5.69 Å². The summed E-state index contributed by atoms with van der Waals surface area (Å²) >= 11 is 1.99. The van der Waals surface area contributed by atoms with E-state index in [9.17, 15) is 9.59 Å². The second-order valence-electron chi connectivity index (χ2n) is 9.35. The summed E-state index contributed by atoms with van der Waals surface area (Å²) in [6.45, 7) is 1.75. The van der Waals surface area contributed by atoms with E-state index in [0.717, 1.165) is 76.0 Å². The first-order valence-corrected chi connectivity index (χ1v) is 13.1. The fraction of sp³-hybridized carbons (Fsp3) is 0.680. The fourth-order valence-corrected chi connectivity index (χ4v) is 6.18. The van der Waals surface area contributed by atoms with Gasteiger partial charge in [-0.2, -0.15) is 11.8 Å². The number of rotatable bonds is 7. The van der Waals surface area contributed by atoms with E-state index in [-0.39, 0.29) is 29.7 Å². The Kier molecular flexibility index (Phi) is 8.31. The van der Waals surface area contributed by atoms with E-state index in [2.05, 4.69) is 22.8 Å². The third-order valence-electron chi connectivity index (χ3n) is 7.02. The summed E-state index contributed by atoms with van der Waals surface area (Å²) in [5, 5.41) is 7.05. The zero-order valence-corrected chi connectivity index (χ0v) is 19.3. The zero-order valence-electron chi connectivity index (χ0n) is 18.4. The average molecular weight is 445 g/mol. The molecule has 4 rings (SSSR count). The van der Waals surface area contributed by atoms with Gasteiger partial charge >= 0.3 is 0 Å². The number of thioether (sulfide) groups is 1. The SMILES string of the molecule is O=C(Nc1cccc(CSC2CCOCC2)c1)C1CCC(NC(=O)C2CCCC2)CC1. The molecule has 3 fully saturated rings. The molecule has 0 bridgehead atoms. The molecule has 0 spiro atoms. The summed E-state index contributed by atoms with van der Waals surface area (Å²) in [6.07, 6.45) is 10.2. The first-order valence-electron chi connectivity index (χ1n) is 12.1. The molecule has 1 aromatic rings. The maximum Gasteiger partial charge on any atom is 0.227 e. The van der Waals surface area contributed by atoms with Gasteiger partial charge in [0, 0.05) is 47.8 Å². The third kappa shape index (κ3) is 6.72. The molecular formula is C25H36N2O3S. The van der Waals surface area contributed by atoms with Gasteiger partial charge in [0.05, 0.1) is 0 Å². The van der Waals surface area contributed by atoms with Gasteiger partial charge in [0.2, 0.25) is 11.8 Å². The first-order chi connectivity index (χ1) is 15.2. The minimum atomic E-state index is 0.0416. The summed E-state index contributed by atoms with van der Waals surface area (Å²) in [5.41, 5.74) is 2.15. The molecule has 1 saturated heterocycles. The van der Waals surface area contributed by atoms with E-state index in [1.807, 2.05) is 23.9 Å². The molecule has 0 unspecified atom stereocenters. The zero-order chi connectivity index (χ0) is 21.5. The van der Waals surface area contributed by atoms with Crippen LogP contribution in [0.5, 0.6) is 0 Å². The Morgan fingerprint density at radius 1 is 0.903 bits per heavy atom. The molecule has 2 amide bonds. The normalized spacial score (nSPS) is 25.3. The fourth-order valence-electron chi connectivity index (χ4n) is 5.05. The van der Waals surface area contributed by atoms with Crippen molar-refractivity contribution in [2.24, 2.45) is 11.8 Å². The van der Waals surface area contributed by atoms with E-state index < -0.39 is 0 Å². The number of nitrogens with one attached hydrogen (secondary N) is 2. The molecule has 0 radical (unpaired) electrons. The van der Waals surface area contributed by atoms with Crippen LogP contribution in [0.3, 0.4) is 0 Å². The van der Waals surface area contributed by atoms with Crippen molar-refractivity contribution in [2.45, 2.75) is 81.3 Å². The van der Waals surface area contributed by atoms with Crippen molar-refractivity contribution in [3.05, 3.63) is 29.8 Å². The summed E-state index contributed by atoms with van der Waals surface area (Å²) < 4.78 is 5.44. The third-order valence-corrected chi connectivity index (χ3v) is 8.46. The van der Waals surface area contributed by atoms with Crippen molar-refractivity contribution in [3.63, 3.8) is 0 Å². The molecule has 170 valence electrons. The van der Waals surface area contributed by atoms with Crippen LogP contribution in [0.15, 0.2) is 24.3 Å². The molecule has 3 aliphatic rings. The van der Waals surface area contributed by atoms with Gasteiger partial charge in [0.25, 0.3) is 0 Å². The Hall–Kier alpha value is -1.53. The largest absolute Gasteiger partial charge is 0.381 e. The van der Waals surface area contributed by atoms with Gasteiger partial charge in [0.1, 0.15) is 0 Å². The van der Waals surface area contributed by atoms with Gasteiger partial charge in [-0.15, -0.1) is 0 Å². The molecular weight excluding hydrogens is 408 g/mol. The number of hydrogen-bond donors (Lipinski definition) is 2. The lowest BCUT2D eigenvalue weighted by molar-refractivity contribution is -0.125. The van der Waals surface area contributed by atoms with Gasteiger partial charge < -0.3 is 15.4 Å². The van der Waals surface area contributed by atoms with Crippen molar-refractivity contribution in [2.75, 3.05) is 18.5 Å². The molecule has 6 heteroatoms. The lowest BCUT2D eigenvalue weighted by Gasteiger charge is -2.29. The lowest BCUT2D eigenvalue weighted by Crippen LogP contribution is -2.41. The van der Waals surface area contributed by atoms with Gasteiger partial charge in [-0.3, -0.25) is 9.59 Å². The van der Waals surface area contributed by atoms with Crippen molar-refractivity contribution in [1.82, 2.24) is 5.32 Å². The number of amides is 2.